The van der Waals surface area contributed by atoms with Crippen molar-refractivity contribution in [3.05, 3.63) is 29.8 Å². The van der Waals surface area contributed by atoms with Gasteiger partial charge in [-0.2, -0.15) is 0 Å². The van der Waals surface area contributed by atoms with Crippen LogP contribution in [0.4, 0.5) is 5.69 Å². The zero-order valence-electron chi connectivity index (χ0n) is 13.1. The Morgan fingerprint density at radius 3 is 2.65 bits per heavy atom. The smallest absolute Gasteiger partial charge is 0.339 e. The molecule has 0 bridgehead atoms. The van der Waals surface area contributed by atoms with Crippen molar-refractivity contribution in [2.45, 2.75) is 12.5 Å². The summed E-state index contributed by atoms with van der Waals surface area (Å²) < 4.78 is 27.7. The number of esters is 1. The molecule has 0 saturated carbocycles. The number of para-hydroxylation sites is 1. The number of carbonyl (C=O) groups is 2. The van der Waals surface area contributed by atoms with Crippen molar-refractivity contribution >= 4 is 27.4 Å². The van der Waals surface area contributed by atoms with Crippen molar-refractivity contribution in [1.82, 2.24) is 4.90 Å². The quantitative estimate of drug-likeness (QED) is 0.786. The molecule has 0 radical (unpaired) electrons. The number of hydrogen-bond acceptors (Lipinski definition) is 6. The summed E-state index contributed by atoms with van der Waals surface area (Å²) in [4.78, 5) is 25.5. The molecule has 7 nitrogen and oxygen atoms in total. The Balaban J connectivity index is 1.99. The Labute approximate surface area is 135 Å². The highest BCUT2D eigenvalue weighted by Crippen LogP contribution is 2.18. The van der Waals surface area contributed by atoms with E-state index in [4.69, 9.17) is 0 Å². The highest BCUT2D eigenvalue weighted by Gasteiger charge is 2.31. The normalized spacial score (nSPS) is 19.5. The van der Waals surface area contributed by atoms with E-state index < -0.39 is 15.8 Å². The summed E-state index contributed by atoms with van der Waals surface area (Å²) in [6.45, 7) is 0.0513. The van der Waals surface area contributed by atoms with Crippen LogP contribution in [0.5, 0.6) is 0 Å². The van der Waals surface area contributed by atoms with E-state index in [1.165, 1.54) is 7.11 Å². The minimum atomic E-state index is -2.99. The van der Waals surface area contributed by atoms with Crippen LogP contribution in [0.2, 0.25) is 0 Å². The average molecular weight is 340 g/mol. The van der Waals surface area contributed by atoms with Gasteiger partial charge < -0.3 is 10.1 Å². The van der Waals surface area contributed by atoms with E-state index in [1.54, 1.807) is 36.2 Å². The van der Waals surface area contributed by atoms with Gasteiger partial charge in [-0.15, -0.1) is 0 Å². The van der Waals surface area contributed by atoms with Crippen LogP contribution in [0, 0.1) is 0 Å². The van der Waals surface area contributed by atoms with Gasteiger partial charge in [0.05, 0.1) is 36.4 Å². The van der Waals surface area contributed by atoms with Crippen LogP contribution < -0.4 is 5.32 Å². The van der Waals surface area contributed by atoms with Crippen molar-refractivity contribution in [2.24, 2.45) is 0 Å². The fourth-order valence-electron chi connectivity index (χ4n) is 2.55. The largest absolute Gasteiger partial charge is 0.465 e. The van der Waals surface area contributed by atoms with Gasteiger partial charge in [0.2, 0.25) is 5.91 Å². The number of rotatable bonds is 5. The summed E-state index contributed by atoms with van der Waals surface area (Å²) in [5, 5.41) is 2.67. The van der Waals surface area contributed by atoms with E-state index in [-0.39, 0.29) is 35.6 Å². The van der Waals surface area contributed by atoms with Crippen molar-refractivity contribution in [2.75, 3.05) is 37.5 Å². The minimum absolute atomic E-state index is 0.0513. The van der Waals surface area contributed by atoms with E-state index in [0.717, 1.165) is 0 Å². The molecule has 1 amide bonds. The molecule has 1 heterocycles. The fraction of sp³-hybridized carbons (Fsp3) is 0.467. The van der Waals surface area contributed by atoms with Crippen LogP contribution in [0.3, 0.4) is 0 Å². The molecule has 1 aromatic rings. The van der Waals surface area contributed by atoms with Crippen LogP contribution in [-0.4, -0.2) is 63.4 Å². The first kappa shape index (κ1) is 17.4. The molecule has 1 aromatic carbocycles. The van der Waals surface area contributed by atoms with Crippen molar-refractivity contribution < 1.29 is 22.7 Å². The van der Waals surface area contributed by atoms with Gasteiger partial charge in [-0.3, -0.25) is 9.69 Å². The number of sulfone groups is 1. The van der Waals surface area contributed by atoms with Gasteiger partial charge in [0.15, 0.2) is 9.84 Å². The molecule has 23 heavy (non-hydrogen) atoms. The maximum absolute atomic E-state index is 12.1. The summed E-state index contributed by atoms with van der Waals surface area (Å²) in [5.74, 6) is -0.603. The molecule has 1 atom stereocenters. The zero-order chi connectivity index (χ0) is 17.0. The third kappa shape index (κ3) is 4.52. The number of hydrogen-bond donors (Lipinski definition) is 1. The molecule has 1 fully saturated rings. The van der Waals surface area contributed by atoms with Gasteiger partial charge in [0, 0.05) is 6.04 Å². The fourth-order valence-corrected chi connectivity index (χ4v) is 4.35. The number of methoxy groups -OCH3 is 1. The lowest BCUT2D eigenvalue weighted by Crippen LogP contribution is -2.38. The molecule has 0 aliphatic carbocycles. The minimum Gasteiger partial charge on any atom is -0.465 e. The lowest BCUT2D eigenvalue weighted by molar-refractivity contribution is -0.117. The third-order valence-corrected chi connectivity index (χ3v) is 5.58. The van der Waals surface area contributed by atoms with Gasteiger partial charge >= 0.3 is 5.97 Å². The summed E-state index contributed by atoms with van der Waals surface area (Å²) in [6, 6.07) is 6.41. The molecule has 8 heteroatoms. The lowest BCUT2D eigenvalue weighted by Gasteiger charge is -2.22. The van der Waals surface area contributed by atoms with Gasteiger partial charge in [-0.25, -0.2) is 13.2 Å². The van der Waals surface area contributed by atoms with Gasteiger partial charge in [0.25, 0.3) is 0 Å². The predicted octanol–water partition coefficient (Wildman–Crippen LogP) is 0.531. The van der Waals surface area contributed by atoms with Crippen molar-refractivity contribution in [3.8, 4) is 0 Å². The Morgan fingerprint density at radius 2 is 2.04 bits per heavy atom. The van der Waals surface area contributed by atoms with Gasteiger partial charge in [-0.05, 0) is 25.6 Å². The summed E-state index contributed by atoms with van der Waals surface area (Å²) >= 11 is 0. The second-order valence-corrected chi connectivity index (χ2v) is 7.79. The first-order chi connectivity index (χ1) is 10.8. The Hall–Kier alpha value is -1.93. The predicted molar refractivity (Wildman–Crippen MR) is 86.1 cm³/mol. The van der Waals surface area contributed by atoms with Crippen LogP contribution in [0.25, 0.3) is 0 Å². The number of likely N-dealkylation sites (N-methyl/N-ethyl adjacent to an activating group) is 1. The third-order valence-electron chi connectivity index (χ3n) is 3.83. The lowest BCUT2D eigenvalue weighted by atomic mass is 10.1. The van der Waals surface area contributed by atoms with E-state index >= 15 is 0 Å². The van der Waals surface area contributed by atoms with Crippen LogP contribution in [0.1, 0.15) is 16.8 Å². The monoisotopic (exact) mass is 340 g/mol. The van der Waals surface area contributed by atoms with Gasteiger partial charge in [0.1, 0.15) is 0 Å². The van der Waals surface area contributed by atoms with Crippen LogP contribution in [0.15, 0.2) is 24.3 Å². The summed E-state index contributed by atoms with van der Waals surface area (Å²) in [6.07, 6.45) is 0.533. The zero-order valence-corrected chi connectivity index (χ0v) is 13.9. The SMILES string of the molecule is COC(=O)c1ccccc1NC(=O)CN(C)C1CCS(=O)(=O)C1. The maximum atomic E-state index is 12.1. The standard InChI is InChI=1S/C15H20N2O5S/c1-17(11-7-8-23(20,21)10-11)9-14(18)16-13-6-4-3-5-12(13)15(19)22-2/h3-6,11H,7-10H2,1-2H3,(H,16,18). The highest BCUT2D eigenvalue weighted by atomic mass is 32.2. The number of nitrogens with one attached hydrogen (secondary N) is 1. The van der Waals surface area contributed by atoms with Crippen LogP contribution >= 0.6 is 0 Å². The topological polar surface area (TPSA) is 92.8 Å². The molecule has 0 spiro atoms. The number of amides is 1. The van der Waals surface area contributed by atoms with Crippen molar-refractivity contribution in [3.63, 3.8) is 0 Å². The van der Waals surface area contributed by atoms with E-state index in [9.17, 15) is 18.0 Å². The molecule has 1 N–H and O–H groups in total. The average Bonchev–Trinajstić information content (AvgIpc) is 2.87. The Bertz CT molecular complexity index is 702. The second kappa shape index (κ2) is 7.10. The molecular formula is C15H20N2O5S. The molecule has 2 rings (SSSR count). The van der Waals surface area contributed by atoms with Crippen LogP contribution in [-0.2, 0) is 19.4 Å². The number of nitrogens with zero attached hydrogens (tertiary/aromatic N) is 1. The highest BCUT2D eigenvalue weighted by molar-refractivity contribution is 7.91. The number of carbonyl (C=O) groups excluding carboxylic acids is 2. The van der Waals surface area contributed by atoms with Crippen molar-refractivity contribution in [1.29, 1.82) is 0 Å². The molecule has 1 aliphatic heterocycles. The Kier molecular flexibility index (Phi) is 5.38. The number of anilines is 1. The first-order valence-electron chi connectivity index (χ1n) is 7.20. The Morgan fingerprint density at radius 1 is 1.35 bits per heavy atom. The molecule has 1 unspecified atom stereocenters. The molecule has 1 aliphatic rings. The van der Waals surface area contributed by atoms with E-state index in [2.05, 4.69) is 10.1 Å². The summed E-state index contributed by atoms with van der Waals surface area (Å²) in [5.41, 5.74) is 0.645. The maximum Gasteiger partial charge on any atom is 0.339 e. The summed E-state index contributed by atoms with van der Waals surface area (Å²) in [7, 11) is 0.00153. The van der Waals surface area contributed by atoms with E-state index in [1.807, 2.05) is 0 Å². The van der Waals surface area contributed by atoms with E-state index in [0.29, 0.717) is 12.1 Å². The van der Waals surface area contributed by atoms with Gasteiger partial charge in [-0.1, -0.05) is 12.1 Å². The second-order valence-electron chi connectivity index (χ2n) is 5.56. The number of ether oxygens (including phenoxy) is 1. The first-order valence-corrected chi connectivity index (χ1v) is 9.02. The molecular weight excluding hydrogens is 320 g/mol. The molecule has 126 valence electrons. The number of benzene rings is 1. The molecule has 1 saturated heterocycles. The molecule has 0 aromatic heterocycles.